The minimum atomic E-state index is -1.69. The normalized spacial score (nSPS) is 9.71. The second kappa shape index (κ2) is 7.25. The van der Waals surface area contributed by atoms with Gasteiger partial charge < -0.3 is 10.4 Å². The number of nitriles is 1. The van der Waals surface area contributed by atoms with Crippen molar-refractivity contribution in [1.82, 2.24) is 4.90 Å². The zero-order valence-corrected chi connectivity index (χ0v) is 10.9. The van der Waals surface area contributed by atoms with Crippen LogP contribution in [-0.2, 0) is 9.59 Å². The molecule has 3 N–H and O–H groups in total. The lowest BCUT2D eigenvalue weighted by Gasteiger charge is -2.05. The van der Waals surface area contributed by atoms with Crippen LogP contribution in [0.5, 0.6) is 0 Å². The maximum atomic E-state index is 11.3. The molecule has 1 aromatic rings. The van der Waals surface area contributed by atoms with Crippen molar-refractivity contribution in [1.29, 1.82) is 5.26 Å². The van der Waals surface area contributed by atoms with Crippen LogP contribution in [0.25, 0.3) is 0 Å². The lowest BCUT2D eigenvalue weighted by Crippen LogP contribution is -2.32. The number of hydrazone groups is 1. The second-order valence-corrected chi connectivity index (χ2v) is 3.69. The molecule has 1 aromatic carbocycles. The molecule has 0 aromatic heterocycles. The third-order valence-electron chi connectivity index (χ3n) is 2.06. The Hall–Kier alpha value is -3.41. The number of amides is 3. The Bertz CT molecular complexity index is 635. The molecular formula is C12H11N5O4. The van der Waals surface area contributed by atoms with Gasteiger partial charge in [0.05, 0.1) is 5.69 Å². The topological polar surface area (TPSA) is 135 Å². The molecule has 21 heavy (non-hydrogen) atoms. The van der Waals surface area contributed by atoms with Crippen molar-refractivity contribution in [3.63, 3.8) is 0 Å². The lowest BCUT2D eigenvalue weighted by molar-refractivity contribution is -0.119. The van der Waals surface area contributed by atoms with Crippen LogP contribution < -0.4 is 10.7 Å². The monoisotopic (exact) mass is 289 g/mol. The molecule has 0 atom stereocenters. The number of anilines is 2. The Balaban J connectivity index is 2.69. The summed E-state index contributed by atoms with van der Waals surface area (Å²) in [6, 6.07) is 6.47. The first-order chi connectivity index (χ1) is 9.93. The van der Waals surface area contributed by atoms with E-state index >= 15 is 0 Å². The molecule has 3 amide bonds. The predicted molar refractivity (Wildman–Crippen MR) is 73.3 cm³/mol. The summed E-state index contributed by atoms with van der Waals surface area (Å²) < 4.78 is 0. The Kier molecular flexibility index (Phi) is 5.40. The van der Waals surface area contributed by atoms with Crippen molar-refractivity contribution in [3.8, 4) is 6.19 Å². The number of carbonyl (C=O) groups is 3. The summed E-state index contributed by atoms with van der Waals surface area (Å²) in [4.78, 5) is 32.6. The van der Waals surface area contributed by atoms with Crippen molar-refractivity contribution < 1.29 is 19.5 Å². The van der Waals surface area contributed by atoms with Crippen molar-refractivity contribution in [2.24, 2.45) is 5.10 Å². The summed E-state index contributed by atoms with van der Waals surface area (Å²) >= 11 is 0. The van der Waals surface area contributed by atoms with Crippen molar-refractivity contribution in [2.75, 3.05) is 10.7 Å². The van der Waals surface area contributed by atoms with Crippen LogP contribution in [0.15, 0.2) is 29.4 Å². The van der Waals surface area contributed by atoms with Gasteiger partial charge in [0.15, 0.2) is 6.19 Å². The summed E-state index contributed by atoms with van der Waals surface area (Å²) in [5.74, 6) is -1.34. The highest BCUT2D eigenvalue weighted by atomic mass is 16.4. The highest BCUT2D eigenvalue weighted by Crippen LogP contribution is 2.14. The molecule has 0 saturated heterocycles. The molecule has 0 fully saturated rings. The van der Waals surface area contributed by atoms with Gasteiger partial charge >= 0.3 is 6.09 Å². The third kappa shape index (κ3) is 4.99. The number of carbonyl (C=O) groups excluding carboxylic acids is 2. The largest absolute Gasteiger partial charge is 0.464 e. The number of rotatable bonds is 4. The molecule has 0 saturated carbocycles. The van der Waals surface area contributed by atoms with Crippen LogP contribution in [-0.4, -0.2) is 34.1 Å². The molecule has 0 aliphatic rings. The van der Waals surface area contributed by atoms with Crippen molar-refractivity contribution >= 4 is 35.5 Å². The Morgan fingerprint density at radius 3 is 2.62 bits per heavy atom. The van der Waals surface area contributed by atoms with Gasteiger partial charge in [0.2, 0.25) is 5.91 Å². The number of nitrogens with one attached hydrogen (secondary N) is 2. The van der Waals surface area contributed by atoms with Gasteiger partial charge in [-0.1, -0.05) is 6.07 Å². The van der Waals surface area contributed by atoms with Crippen molar-refractivity contribution in [2.45, 2.75) is 6.92 Å². The van der Waals surface area contributed by atoms with Crippen LogP contribution >= 0.6 is 0 Å². The molecule has 0 aliphatic carbocycles. The predicted octanol–water partition coefficient (Wildman–Crippen LogP) is 1.03. The average molecular weight is 289 g/mol. The summed E-state index contributed by atoms with van der Waals surface area (Å²) in [5.41, 5.74) is 3.46. The fraction of sp³-hybridized carbons (Fsp3) is 0.0833. The van der Waals surface area contributed by atoms with E-state index in [9.17, 15) is 14.4 Å². The van der Waals surface area contributed by atoms with E-state index in [0.717, 1.165) is 0 Å². The molecular weight excluding hydrogens is 278 g/mol. The summed E-state index contributed by atoms with van der Waals surface area (Å²) in [5, 5.41) is 23.1. The first-order valence-electron chi connectivity index (χ1n) is 5.57. The number of hydrogen-bond donors (Lipinski definition) is 3. The Morgan fingerprint density at radius 2 is 2.05 bits per heavy atom. The first-order valence-corrected chi connectivity index (χ1v) is 5.57. The first kappa shape index (κ1) is 15.6. The van der Waals surface area contributed by atoms with Gasteiger partial charge in [-0.25, -0.2) is 4.79 Å². The quantitative estimate of drug-likeness (QED) is 0.328. The molecule has 0 unspecified atom stereocenters. The fourth-order valence-corrected chi connectivity index (χ4v) is 1.28. The summed E-state index contributed by atoms with van der Waals surface area (Å²) in [6.07, 6.45) is 0.161. The van der Waals surface area contributed by atoms with E-state index in [0.29, 0.717) is 17.6 Å². The highest BCUT2D eigenvalue weighted by molar-refractivity contribution is 6.29. The maximum Gasteiger partial charge on any atom is 0.428 e. The highest BCUT2D eigenvalue weighted by Gasteiger charge is 2.18. The van der Waals surface area contributed by atoms with E-state index in [4.69, 9.17) is 10.4 Å². The number of carboxylic acid groups (broad SMARTS) is 1. The zero-order chi connectivity index (χ0) is 15.8. The van der Waals surface area contributed by atoms with E-state index < -0.39 is 12.0 Å². The van der Waals surface area contributed by atoms with Gasteiger partial charge in [0.1, 0.15) is 6.21 Å². The Labute approximate surface area is 119 Å². The van der Waals surface area contributed by atoms with Gasteiger partial charge in [-0.3, -0.25) is 15.0 Å². The van der Waals surface area contributed by atoms with Crippen LogP contribution in [0.4, 0.5) is 16.2 Å². The van der Waals surface area contributed by atoms with E-state index in [-0.39, 0.29) is 10.8 Å². The molecule has 108 valence electrons. The molecule has 1 rings (SSSR count). The lowest BCUT2D eigenvalue weighted by atomic mass is 10.3. The number of hydrogen-bond acceptors (Lipinski definition) is 6. The van der Waals surface area contributed by atoms with Crippen LogP contribution in [0.1, 0.15) is 6.92 Å². The van der Waals surface area contributed by atoms with E-state index in [1.54, 1.807) is 24.3 Å². The molecule has 9 nitrogen and oxygen atoms in total. The van der Waals surface area contributed by atoms with Gasteiger partial charge in [0.25, 0.3) is 5.91 Å². The van der Waals surface area contributed by atoms with Crippen LogP contribution in [0.2, 0.25) is 0 Å². The molecule has 0 heterocycles. The van der Waals surface area contributed by atoms with E-state index in [2.05, 4.69) is 15.8 Å². The van der Waals surface area contributed by atoms with Gasteiger partial charge in [-0.15, -0.1) is 4.90 Å². The fourth-order valence-electron chi connectivity index (χ4n) is 1.28. The number of imide groups is 1. The van der Waals surface area contributed by atoms with E-state index in [1.165, 1.54) is 13.1 Å². The molecule has 0 bridgehead atoms. The van der Waals surface area contributed by atoms with Gasteiger partial charge in [-0.05, 0) is 18.2 Å². The third-order valence-corrected chi connectivity index (χ3v) is 2.06. The second-order valence-electron chi connectivity index (χ2n) is 3.69. The molecule has 0 spiro atoms. The summed E-state index contributed by atoms with van der Waals surface area (Å²) in [6.45, 7) is 1.36. The smallest absolute Gasteiger partial charge is 0.428 e. The average Bonchev–Trinajstić information content (AvgIpc) is 2.38. The molecule has 9 heteroatoms. The molecule has 0 radical (unpaired) electrons. The minimum absolute atomic E-state index is 0.0705. The SMILES string of the molecule is CC(=O)Nc1cccc(NN=CC(=O)N(C#N)C(=O)O)c1. The number of benzene rings is 1. The van der Waals surface area contributed by atoms with Gasteiger partial charge in [0, 0.05) is 12.6 Å². The van der Waals surface area contributed by atoms with Crippen LogP contribution in [0.3, 0.4) is 0 Å². The molecule has 0 aliphatic heterocycles. The van der Waals surface area contributed by atoms with Crippen molar-refractivity contribution in [3.05, 3.63) is 24.3 Å². The van der Waals surface area contributed by atoms with E-state index in [1.807, 2.05) is 0 Å². The zero-order valence-electron chi connectivity index (χ0n) is 10.9. The van der Waals surface area contributed by atoms with Crippen LogP contribution in [0, 0.1) is 11.5 Å². The summed E-state index contributed by atoms with van der Waals surface area (Å²) in [7, 11) is 0. The standard InChI is InChI=1S/C12H11N5O4/c1-8(18)15-9-3-2-4-10(5-9)16-14-6-11(19)17(7-13)12(20)21/h2-6,16H,1H3,(H,15,18)(H,20,21). The minimum Gasteiger partial charge on any atom is -0.464 e. The number of nitrogens with zero attached hydrogens (tertiary/aromatic N) is 3. The van der Waals surface area contributed by atoms with Gasteiger partial charge in [-0.2, -0.15) is 10.4 Å². The maximum absolute atomic E-state index is 11.3. The Morgan fingerprint density at radius 1 is 1.38 bits per heavy atom.